The predicted molar refractivity (Wildman–Crippen MR) is 119 cm³/mol. The number of carbonyl (C=O) groups is 1. The number of aromatic nitrogens is 4. The first-order valence-corrected chi connectivity index (χ1v) is 11.0. The van der Waals surface area contributed by atoms with Gasteiger partial charge in [-0.2, -0.15) is 27.1 Å². The Labute approximate surface area is 199 Å². The maximum Gasteiger partial charge on any atom is 0.433 e. The number of benzene rings is 1. The first kappa shape index (κ1) is 24.5. The molecule has 0 aliphatic rings. The van der Waals surface area contributed by atoms with Crippen molar-refractivity contribution in [3.63, 3.8) is 0 Å². The van der Waals surface area contributed by atoms with Crippen LogP contribution in [0.1, 0.15) is 42.6 Å². The van der Waals surface area contributed by atoms with Gasteiger partial charge in [-0.05, 0) is 30.3 Å². The Morgan fingerprint density at radius 3 is 2.37 bits per heavy atom. The highest BCUT2D eigenvalue weighted by Crippen LogP contribution is 2.33. The largest absolute Gasteiger partial charge is 0.435 e. The zero-order valence-corrected chi connectivity index (χ0v) is 19.3. The molecule has 0 saturated carbocycles. The van der Waals surface area contributed by atoms with Gasteiger partial charge in [0.15, 0.2) is 16.5 Å². The molecule has 0 radical (unpaired) electrons. The lowest BCUT2D eigenvalue weighted by Crippen LogP contribution is -2.20. The summed E-state index contributed by atoms with van der Waals surface area (Å²) in [6.07, 6.45) is -4.71. The minimum Gasteiger partial charge on any atom is -0.435 e. The molecule has 0 saturated heterocycles. The third-order valence-corrected chi connectivity index (χ3v) is 5.58. The van der Waals surface area contributed by atoms with Gasteiger partial charge in [0, 0.05) is 22.4 Å². The number of anilines is 1. The fourth-order valence-corrected chi connectivity index (χ4v) is 3.82. The fraction of sp³-hybridized carbons (Fsp3) is 0.273. The lowest BCUT2D eigenvalue weighted by atomic mass is 9.91. The van der Waals surface area contributed by atoms with Crippen LogP contribution >= 0.6 is 11.3 Å². The van der Waals surface area contributed by atoms with E-state index in [1.807, 2.05) is 0 Å². The maximum absolute atomic E-state index is 13.7. The lowest BCUT2D eigenvalue weighted by Gasteiger charge is -2.19. The number of ether oxygens (including phenoxy) is 1. The number of hydrogen-bond donors (Lipinski definition) is 1. The van der Waals surface area contributed by atoms with Crippen molar-refractivity contribution in [3.8, 4) is 17.0 Å². The molecule has 0 aliphatic carbocycles. The lowest BCUT2D eigenvalue weighted by molar-refractivity contribution is -0.142. The monoisotopic (exact) mass is 511 g/mol. The molecule has 0 fully saturated rings. The summed E-state index contributed by atoms with van der Waals surface area (Å²) in [6, 6.07) is 7.86. The number of nitrogens with one attached hydrogen (secondary N) is 1. The topological polar surface area (TPSA) is 81.4 Å². The summed E-state index contributed by atoms with van der Waals surface area (Å²) in [5.41, 5.74) is -0.819. The van der Waals surface area contributed by atoms with Gasteiger partial charge in [-0.3, -0.25) is 10.1 Å². The summed E-state index contributed by atoms with van der Waals surface area (Å²) in [5.74, 6) is -0.775. The van der Waals surface area contributed by atoms with Crippen molar-refractivity contribution in [1.29, 1.82) is 0 Å². The molecule has 3 aromatic heterocycles. The number of thiazole rings is 1. The average molecular weight is 511 g/mol. The van der Waals surface area contributed by atoms with Gasteiger partial charge in [0.25, 0.3) is 5.91 Å². The molecule has 0 bridgehead atoms. The van der Waals surface area contributed by atoms with Gasteiger partial charge in [-0.25, -0.2) is 14.5 Å². The van der Waals surface area contributed by atoms with E-state index in [4.69, 9.17) is 0 Å². The zero-order valence-electron chi connectivity index (χ0n) is 18.5. The summed E-state index contributed by atoms with van der Waals surface area (Å²) in [5, 5.41) is 8.13. The highest BCUT2D eigenvalue weighted by Gasteiger charge is 2.36. The maximum atomic E-state index is 13.7. The molecule has 13 heteroatoms. The van der Waals surface area contributed by atoms with Gasteiger partial charge in [0.05, 0.1) is 11.4 Å². The zero-order chi connectivity index (χ0) is 25.5. The first-order chi connectivity index (χ1) is 16.3. The molecule has 4 aromatic rings. The Hall–Kier alpha value is -3.61. The van der Waals surface area contributed by atoms with E-state index in [1.54, 1.807) is 26.2 Å². The highest BCUT2D eigenvalue weighted by atomic mass is 32.1. The quantitative estimate of drug-likeness (QED) is 0.331. The van der Waals surface area contributed by atoms with Crippen LogP contribution in [0.15, 0.2) is 41.8 Å². The van der Waals surface area contributed by atoms with Crippen LogP contribution in [0.25, 0.3) is 16.9 Å². The molecule has 0 aliphatic heterocycles. The van der Waals surface area contributed by atoms with E-state index in [-0.39, 0.29) is 27.9 Å². The molecule has 1 N–H and O–H groups in total. The minimum absolute atomic E-state index is 0.0131. The molecule has 3 heterocycles. The number of rotatable bonds is 5. The number of fused-ring (bicyclic) bond motifs is 1. The molecule has 184 valence electrons. The Morgan fingerprint density at radius 2 is 1.77 bits per heavy atom. The fourth-order valence-electron chi connectivity index (χ4n) is 3.10. The van der Waals surface area contributed by atoms with Crippen LogP contribution in [0.2, 0.25) is 0 Å². The van der Waals surface area contributed by atoms with Gasteiger partial charge < -0.3 is 4.74 Å². The second kappa shape index (κ2) is 8.87. The van der Waals surface area contributed by atoms with Gasteiger partial charge in [0.1, 0.15) is 11.4 Å². The van der Waals surface area contributed by atoms with E-state index in [2.05, 4.69) is 25.1 Å². The molecule has 4 rings (SSSR count). The van der Waals surface area contributed by atoms with Crippen molar-refractivity contribution in [3.05, 3.63) is 58.9 Å². The second-order valence-corrected chi connectivity index (χ2v) is 9.33. The van der Waals surface area contributed by atoms with Crippen LogP contribution in [0.3, 0.4) is 0 Å². The van der Waals surface area contributed by atoms with Crippen LogP contribution in [0.5, 0.6) is 5.75 Å². The predicted octanol–water partition coefficient (Wildman–Crippen LogP) is 6.02. The van der Waals surface area contributed by atoms with Crippen LogP contribution in [-0.2, 0) is 11.6 Å². The van der Waals surface area contributed by atoms with Gasteiger partial charge in [-0.1, -0.05) is 20.8 Å². The van der Waals surface area contributed by atoms with Crippen molar-refractivity contribution in [1.82, 2.24) is 19.6 Å². The molecule has 1 aromatic carbocycles. The number of amides is 1. The van der Waals surface area contributed by atoms with Crippen molar-refractivity contribution in [2.45, 2.75) is 39.0 Å². The highest BCUT2D eigenvalue weighted by molar-refractivity contribution is 7.14. The van der Waals surface area contributed by atoms with Gasteiger partial charge >= 0.3 is 12.8 Å². The normalized spacial score (nSPS) is 12.4. The molecule has 35 heavy (non-hydrogen) atoms. The third kappa shape index (κ3) is 5.39. The Kier molecular flexibility index (Phi) is 6.21. The SMILES string of the molecule is CC(C)(C)c1cc(C(F)(F)F)n2nc(C(=O)Nc3nc(-c4ccc(OC(F)F)cc4)cs3)cc2n1. The number of carbonyl (C=O) groups excluding carboxylic acids is 1. The van der Waals surface area contributed by atoms with E-state index in [9.17, 15) is 26.7 Å². The smallest absolute Gasteiger partial charge is 0.433 e. The van der Waals surface area contributed by atoms with E-state index < -0.39 is 29.8 Å². The molecule has 0 unspecified atom stereocenters. The number of hydrogen-bond acceptors (Lipinski definition) is 6. The third-order valence-electron chi connectivity index (χ3n) is 4.82. The molecule has 1 amide bonds. The summed E-state index contributed by atoms with van der Waals surface area (Å²) in [7, 11) is 0. The van der Waals surface area contributed by atoms with Gasteiger partial charge in [0.2, 0.25) is 0 Å². The minimum atomic E-state index is -4.71. The molecule has 0 atom stereocenters. The second-order valence-electron chi connectivity index (χ2n) is 8.47. The molecule has 0 spiro atoms. The Morgan fingerprint density at radius 1 is 1.09 bits per heavy atom. The van der Waals surface area contributed by atoms with Crippen LogP contribution in [0.4, 0.5) is 27.1 Å². The van der Waals surface area contributed by atoms with Crippen molar-refractivity contribution >= 4 is 28.0 Å². The van der Waals surface area contributed by atoms with Crippen LogP contribution in [0, 0.1) is 0 Å². The van der Waals surface area contributed by atoms with E-state index >= 15 is 0 Å². The summed E-state index contributed by atoms with van der Waals surface area (Å²) in [4.78, 5) is 21.2. The number of alkyl halides is 5. The van der Waals surface area contributed by atoms with Crippen molar-refractivity contribution < 1.29 is 31.5 Å². The van der Waals surface area contributed by atoms with Crippen LogP contribution < -0.4 is 10.1 Å². The van der Waals surface area contributed by atoms with E-state index in [0.717, 1.165) is 17.4 Å². The molecule has 7 nitrogen and oxygen atoms in total. The average Bonchev–Trinajstić information content (AvgIpc) is 3.38. The molecular weight excluding hydrogens is 493 g/mol. The van der Waals surface area contributed by atoms with Crippen LogP contribution in [-0.4, -0.2) is 32.1 Å². The van der Waals surface area contributed by atoms with E-state index in [1.165, 1.54) is 30.3 Å². The van der Waals surface area contributed by atoms with Crippen molar-refractivity contribution in [2.75, 3.05) is 5.32 Å². The standard InChI is InChI=1S/C22H18F5N5O2S/c1-21(2,3)15-9-16(22(25,26)27)32-17(29-15)8-13(31-32)18(33)30-20-28-14(10-35-20)11-4-6-12(7-5-11)34-19(23)24/h4-10,19H,1-3H3,(H,28,30,33). The first-order valence-electron chi connectivity index (χ1n) is 10.1. The number of halogens is 5. The summed E-state index contributed by atoms with van der Waals surface area (Å²) in [6.45, 7) is 2.25. The molecular formula is C22H18F5N5O2S. The van der Waals surface area contributed by atoms with Crippen molar-refractivity contribution in [2.24, 2.45) is 0 Å². The Bertz CT molecular complexity index is 1370. The van der Waals surface area contributed by atoms with E-state index in [0.29, 0.717) is 15.8 Å². The Balaban J connectivity index is 1.58. The van der Waals surface area contributed by atoms with Gasteiger partial charge in [-0.15, -0.1) is 11.3 Å². The summed E-state index contributed by atoms with van der Waals surface area (Å²) < 4.78 is 70.4. The number of nitrogens with zero attached hydrogens (tertiary/aromatic N) is 4. The summed E-state index contributed by atoms with van der Waals surface area (Å²) >= 11 is 1.08.